The highest BCUT2D eigenvalue weighted by Gasteiger charge is 2.15. The van der Waals surface area contributed by atoms with Gasteiger partial charge in [0.2, 0.25) is 10.0 Å². The number of aromatic carboxylic acids is 1. The SMILES string of the molecule is CCOC(=O)CNS(=O)(=O)Cc1cccc(C(=O)O)c1. The number of hydrogen-bond donors (Lipinski definition) is 2. The van der Waals surface area contributed by atoms with E-state index in [2.05, 4.69) is 9.46 Å². The highest BCUT2D eigenvalue weighted by atomic mass is 32.2. The van der Waals surface area contributed by atoms with E-state index in [0.717, 1.165) is 0 Å². The van der Waals surface area contributed by atoms with Gasteiger partial charge in [-0.3, -0.25) is 4.79 Å². The third kappa shape index (κ3) is 5.37. The van der Waals surface area contributed by atoms with E-state index in [4.69, 9.17) is 5.11 Å². The Balaban J connectivity index is 2.69. The Labute approximate surface area is 116 Å². The van der Waals surface area contributed by atoms with Gasteiger partial charge >= 0.3 is 11.9 Å². The van der Waals surface area contributed by atoms with E-state index in [0.29, 0.717) is 5.56 Å². The first kappa shape index (κ1) is 16.1. The van der Waals surface area contributed by atoms with Gasteiger partial charge in [-0.1, -0.05) is 12.1 Å². The molecule has 0 fully saturated rings. The van der Waals surface area contributed by atoms with E-state index in [1.54, 1.807) is 6.92 Å². The van der Waals surface area contributed by atoms with Crippen molar-refractivity contribution in [3.05, 3.63) is 35.4 Å². The molecule has 0 aliphatic rings. The molecule has 110 valence electrons. The predicted octanol–water partition coefficient (Wildman–Crippen LogP) is 0.367. The first-order valence-electron chi connectivity index (χ1n) is 5.79. The van der Waals surface area contributed by atoms with Crippen molar-refractivity contribution < 1.29 is 27.9 Å². The lowest BCUT2D eigenvalue weighted by molar-refractivity contribution is -0.141. The molecule has 0 atom stereocenters. The fourth-order valence-electron chi connectivity index (χ4n) is 1.45. The maximum absolute atomic E-state index is 11.7. The van der Waals surface area contributed by atoms with Gasteiger partial charge in [-0.2, -0.15) is 0 Å². The monoisotopic (exact) mass is 301 g/mol. The lowest BCUT2D eigenvalue weighted by Crippen LogP contribution is -2.31. The molecule has 0 heterocycles. The Morgan fingerprint density at radius 2 is 2.05 bits per heavy atom. The molecular formula is C12H15NO6S. The fourth-order valence-corrected chi connectivity index (χ4v) is 2.50. The van der Waals surface area contributed by atoms with Crippen molar-refractivity contribution in [1.82, 2.24) is 4.72 Å². The summed E-state index contributed by atoms with van der Waals surface area (Å²) in [5, 5.41) is 8.82. The van der Waals surface area contributed by atoms with Crippen LogP contribution >= 0.6 is 0 Å². The standard InChI is InChI=1S/C12H15NO6S/c1-2-19-11(14)7-13-20(17,18)8-9-4-3-5-10(6-9)12(15)16/h3-6,13H,2,7-8H2,1H3,(H,15,16). The number of carboxylic acid groups (broad SMARTS) is 1. The van der Waals surface area contributed by atoms with Crippen LogP contribution in [0.2, 0.25) is 0 Å². The van der Waals surface area contributed by atoms with E-state index in [-0.39, 0.29) is 12.2 Å². The van der Waals surface area contributed by atoms with Crippen LogP contribution in [0.3, 0.4) is 0 Å². The van der Waals surface area contributed by atoms with Crippen LogP contribution in [0.4, 0.5) is 0 Å². The summed E-state index contributed by atoms with van der Waals surface area (Å²) >= 11 is 0. The third-order valence-corrected chi connectivity index (χ3v) is 3.57. The second kappa shape index (κ2) is 7.01. The van der Waals surface area contributed by atoms with Gasteiger partial charge in [-0.25, -0.2) is 17.9 Å². The molecule has 0 saturated carbocycles. The number of hydrogen-bond acceptors (Lipinski definition) is 5. The third-order valence-electron chi connectivity index (χ3n) is 2.27. The zero-order valence-electron chi connectivity index (χ0n) is 10.8. The van der Waals surface area contributed by atoms with Gasteiger partial charge in [0.05, 0.1) is 17.9 Å². The second-order valence-corrected chi connectivity index (χ2v) is 5.70. The first-order chi connectivity index (χ1) is 9.34. The summed E-state index contributed by atoms with van der Waals surface area (Å²) in [5.41, 5.74) is 0.323. The zero-order valence-corrected chi connectivity index (χ0v) is 11.6. The molecule has 0 amide bonds. The number of carbonyl (C=O) groups excluding carboxylic acids is 1. The molecule has 8 heteroatoms. The van der Waals surface area contributed by atoms with Crippen LogP contribution < -0.4 is 4.72 Å². The highest BCUT2D eigenvalue weighted by Crippen LogP contribution is 2.08. The highest BCUT2D eigenvalue weighted by molar-refractivity contribution is 7.88. The molecule has 1 aromatic carbocycles. The van der Waals surface area contributed by atoms with Crippen LogP contribution in [0.15, 0.2) is 24.3 Å². The average molecular weight is 301 g/mol. The van der Waals surface area contributed by atoms with Gasteiger partial charge < -0.3 is 9.84 Å². The van der Waals surface area contributed by atoms with Crippen molar-refractivity contribution in [2.45, 2.75) is 12.7 Å². The second-order valence-electron chi connectivity index (χ2n) is 3.89. The molecule has 7 nitrogen and oxygen atoms in total. The van der Waals surface area contributed by atoms with E-state index in [1.165, 1.54) is 24.3 Å². The van der Waals surface area contributed by atoms with Crippen molar-refractivity contribution >= 4 is 22.0 Å². The van der Waals surface area contributed by atoms with Crippen molar-refractivity contribution in [3.63, 3.8) is 0 Å². The minimum Gasteiger partial charge on any atom is -0.478 e. The number of sulfonamides is 1. The van der Waals surface area contributed by atoms with Crippen LogP contribution in [0.25, 0.3) is 0 Å². The Morgan fingerprint density at radius 1 is 1.35 bits per heavy atom. The summed E-state index contributed by atoms with van der Waals surface area (Å²) in [6.45, 7) is 1.33. The molecule has 1 rings (SSSR count). The Kier molecular flexibility index (Phi) is 5.66. The van der Waals surface area contributed by atoms with Crippen molar-refractivity contribution in [2.24, 2.45) is 0 Å². The number of nitrogens with one attached hydrogen (secondary N) is 1. The topological polar surface area (TPSA) is 110 Å². The van der Waals surface area contributed by atoms with Gasteiger partial charge in [-0.15, -0.1) is 0 Å². The first-order valence-corrected chi connectivity index (χ1v) is 7.44. The normalized spacial score (nSPS) is 11.1. The van der Waals surface area contributed by atoms with E-state index in [1.807, 2.05) is 0 Å². The Hall–Kier alpha value is -1.93. The predicted molar refractivity (Wildman–Crippen MR) is 70.7 cm³/mol. The molecule has 0 saturated heterocycles. The number of esters is 1. The van der Waals surface area contributed by atoms with Crippen LogP contribution in [0.1, 0.15) is 22.8 Å². The minimum atomic E-state index is -3.73. The Morgan fingerprint density at radius 3 is 2.65 bits per heavy atom. The fraction of sp³-hybridized carbons (Fsp3) is 0.333. The maximum atomic E-state index is 11.7. The summed E-state index contributed by atoms with van der Waals surface area (Å²) < 4.78 is 30.1. The number of benzene rings is 1. The summed E-state index contributed by atoms with van der Waals surface area (Å²) in [6, 6.07) is 5.59. The number of ether oxygens (including phenoxy) is 1. The number of carbonyl (C=O) groups is 2. The van der Waals surface area contributed by atoms with Crippen LogP contribution in [-0.4, -0.2) is 38.6 Å². The molecule has 0 aromatic heterocycles. The van der Waals surface area contributed by atoms with Gasteiger partial charge in [0.25, 0.3) is 0 Å². The molecule has 0 aliphatic heterocycles. The van der Waals surface area contributed by atoms with Crippen LogP contribution in [0.5, 0.6) is 0 Å². The summed E-state index contributed by atoms with van der Waals surface area (Å²) in [4.78, 5) is 21.8. The van der Waals surface area contributed by atoms with Gasteiger partial charge in [0.1, 0.15) is 6.54 Å². The van der Waals surface area contributed by atoms with Crippen molar-refractivity contribution in [1.29, 1.82) is 0 Å². The van der Waals surface area contributed by atoms with Gasteiger partial charge in [0.15, 0.2) is 0 Å². The molecule has 0 bridgehead atoms. The molecule has 2 N–H and O–H groups in total. The minimum absolute atomic E-state index is 0.00286. The van der Waals surface area contributed by atoms with Crippen molar-refractivity contribution in [2.75, 3.05) is 13.2 Å². The number of rotatable bonds is 7. The van der Waals surface area contributed by atoms with Gasteiger partial charge in [0, 0.05) is 0 Å². The molecule has 0 radical (unpaired) electrons. The van der Waals surface area contributed by atoms with Gasteiger partial charge in [-0.05, 0) is 24.6 Å². The van der Waals surface area contributed by atoms with Crippen LogP contribution in [0, 0.1) is 0 Å². The van der Waals surface area contributed by atoms with Crippen LogP contribution in [-0.2, 0) is 25.3 Å². The molecule has 0 aliphatic carbocycles. The Bertz CT molecular complexity index is 596. The van der Waals surface area contributed by atoms with E-state index < -0.39 is 34.3 Å². The zero-order chi connectivity index (χ0) is 15.2. The lowest BCUT2D eigenvalue weighted by Gasteiger charge is -2.07. The molecule has 0 spiro atoms. The molecular weight excluding hydrogens is 286 g/mol. The smallest absolute Gasteiger partial charge is 0.335 e. The van der Waals surface area contributed by atoms with E-state index >= 15 is 0 Å². The number of carboxylic acids is 1. The summed E-state index contributed by atoms with van der Waals surface area (Å²) in [5.74, 6) is -2.22. The summed E-state index contributed by atoms with van der Waals surface area (Å²) in [7, 11) is -3.73. The quantitative estimate of drug-likeness (QED) is 0.704. The van der Waals surface area contributed by atoms with E-state index in [9.17, 15) is 18.0 Å². The molecule has 1 aromatic rings. The largest absolute Gasteiger partial charge is 0.478 e. The maximum Gasteiger partial charge on any atom is 0.335 e. The summed E-state index contributed by atoms with van der Waals surface area (Å²) in [6.07, 6.45) is 0. The average Bonchev–Trinajstić information content (AvgIpc) is 2.37. The lowest BCUT2D eigenvalue weighted by atomic mass is 10.1. The molecule has 0 unspecified atom stereocenters. The molecule has 20 heavy (non-hydrogen) atoms. The van der Waals surface area contributed by atoms with Crippen molar-refractivity contribution in [3.8, 4) is 0 Å².